The third-order valence-corrected chi connectivity index (χ3v) is 3.82. The molecule has 0 spiro atoms. The van der Waals surface area contributed by atoms with Crippen LogP contribution in [0.4, 0.5) is 4.79 Å². The van der Waals surface area contributed by atoms with E-state index in [-0.39, 0.29) is 12.1 Å². The van der Waals surface area contributed by atoms with Gasteiger partial charge in [0.05, 0.1) is 6.54 Å². The van der Waals surface area contributed by atoms with E-state index in [1.54, 1.807) is 6.92 Å². The Labute approximate surface area is 113 Å². The van der Waals surface area contributed by atoms with Crippen molar-refractivity contribution in [1.29, 1.82) is 0 Å². The van der Waals surface area contributed by atoms with Crippen LogP contribution >= 0.6 is 0 Å². The molecule has 2 N–H and O–H groups in total. The molecule has 1 aliphatic carbocycles. The van der Waals surface area contributed by atoms with Crippen LogP contribution < -0.4 is 10.6 Å². The highest BCUT2D eigenvalue weighted by atomic mass is 16.5. The fourth-order valence-electron chi connectivity index (χ4n) is 2.74. The molecule has 1 saturated carbocycles. The van der Waals surface area contributed by atoms with Crippen molar-refractivity contribution in [3.63, 3.8) is 0 Å². The van der Waals surface area contributed by atoms with Gasteiger partial charge in [0.2, 0.25) is 5.89 Å². The maximum absolute atomic E-state index is 11.9. The van der Waals surface area contributed by atoms with Gasteiger partial charge in [-0.1, -0.05) is 25.4 Å². The molecule has 19 heavy (non-hydrogen) atoms. The number of hydrogen-bond acceptors (Lipinski definition) is 4. The maximum Gasteiger partial charge on any atom is 0.315 e. The van der Waals surface area contributed by atoms with Gasteiger partial charge in [-0.05, 0) is 24.7 Å². The van der Waals surface area contributed by atoms with Gasteiger partial charge in [0.25, 0.3) is 0 Å². The molecule has 2 amide bonds. The molecule has 2 rings (SSSR count). The lowest BCUT2D eigenvalue weighted by atomic mass is 9.79. The Morgan fingerprint density at radius 2 is 2.05 bits per heavy atom. The van der Waals surface area contributed by atoms with Gasteiger partial charge in [-0.3, -0.25) is 0 Å². The Morgan fingerprint density at radius 3 is 2.63 bits per heavy atom. The van der Waals surface area contributed by atoms with Crippen molar-refractivity contribution in [3.8, 4) is 0 Å². The lowest BCUT2D eigenvalue weighted by molar-refractivity contribution is 0.194. The van der Waals surface area contributed by atoms with Crippen molar-refractivity contribution < 1.29 is 9.32 Å². The number of rotatable bonds is 3. The smallest absolute Gasteiger partial charge is 0.315 e. The Balaban J connectivity index is 1.80. The highest BCUT2D eigenvalue weighted by molar-refractivity contribution is 5.74. The van der Waals surface area contributed by atoms with E-state index in [1.165, 1.54) is 19.3 Å². The van der Waals surface area contributed by atoms with Gasteiger partial charge in [-0.15, -0.1) is 0 Å². The first-order valence-corrected chi connectivity index (χ1v) is 6.90. The first-order valence-electron chi connectivity index (χ1n) is 6.90. The maximum atomic E-state index is 11.9. The van der Waals surface area contributed by atoms with Crippen LogP contribution in [0.5, 0.6) is 0 Å². The highest BCUT2D eigenvalue weighted by Gasteiger charge is 2.28. The number of carbonyl (C=O) groups excluding carboxylic acids is 1. The fraction of sp³-hybridized carbons (Fsp3) is 0.769. The number of carbonyl (C=O) groups is 1. The van der Waals surface area contributed by atoms with Crippen molar-refractivity contribution in [1.82, 2.24) is 20.8 Å². The SMILES string of the molecule is Cc1nc(CNC(=O)NC2[C@H](C)CCC[C@@H]2C)no1. The summed E-state index contributed by atoms with van der Waals surface area (Å²) in [6, 6.07) is 0.0915. The zero-order valence-corrected chi connectivity index (χ0v) is 11.8. The van der Waals surface area contributed by atoms with Gasteiger partial charge < -0.3 is 15.2 Å². The summed E-state index contributed by atoms with van der Waals surface area (Å²) >= 11 is 0. The average Bonchev–Trinajstić information content (AvgIpc) is 2.77. The second kappa shape index (κ2) is 6.04. The third kappa shape index (κ3) is 3.68. The summed E-state index contributed by atoms with van der Waals surface area (Å²) in [7, 11) is 0. The Morgan fingerprint density at radius 1 is 1.37 bits per heavy atom. The van der Waals surface area contributed by atoms with Crippen LogP contribution in [0, 0.1) is 18.8 Å². The molecule has 1 aromatic rings. The largest absolute Gasteiger partial charge is 0.340 e. The summed E-state index contributed by atoms with van der Waals surface area (Å²) in [5.74, 6) is 2.06. The van der Waals surface area contributed by atoms with Crippen LogP contribution in [0.15, 0.2) is 4.52 Å². The van der Waals surface area contributed by atoms with Gasteiger partial charge in [0.1, 0.15) is 0 Å². The number of nitrogens with zero attached hydrogens (tertiary/aromatic N) is 2. The van der Waals surface area contributed by atoms with Crippen LogP contribution in [0.3, 0.4) is 0 Å². The summed E-state index contributed by atoms with van der Waals surface area (Å²) in [5, 5.41) is 9.56. The summed E-state index contributed by atoms with van der Waals surface area (Å²) in [5.41, 5.74) is 0. The molecule has 0 bridgehead atoms. The van der Waals surface area contributed by atoms with E-state index in [2.05, 4.69) is 34.6 Å². The van der Waals surface area contributed by atoms with Gasteiger partial charge >= 0.3 is 6.03 Å². The summed E-state index contributed by atoms with van der Waals surface area (Å²) < 4.78 is 4.85. The number of aryl methyl sites for hydroxylation is 1. The molecule has 106 valence electrons. The van der Waals surface area contributed by atoms with Crippen LogP contribution in [-0.2, 0) is 6.54 Å². The van der Waals surface area contributed by atoms with Crippen molar-refractivity contribution in [3.05, 3.63) is 11.7 Å². The van der Waals surface area contributed by atoms with Crippen LogP contribution in [0.1, 0.15) is 44.8 Å². The standard InChI is InChI=1S/C13H22N4O2/c1-8-5-4-6-9(2)12(8)16-13(18)14-7-11-15-10(3)19-17-11/h8-9,12H,4-7H2,1-3H3,(H2,14,16,18)/t8-,9+,12?. The van der Waals surface area contributed by atoms with E-state index in [4.69, 9.17) is 4.52 Å². The summed E-state index contributed by atoms with van der Waals surface area (Å²) in [6.07, 6.45) is 3.61. The highest BCUT2D eigenvalue weighted by Crippen LogP contribution is 2.28. The molecule has 0 saturated heterocycles. The van der Waals surface area contributed by atoms with E-state index in [0.29, 0.717) is 30.1 Å². The van der Waals surface area contributed by atoms with Crippen LogP contribution in [-0.4, -0.2) is 22.2 Å². The number of nitrogens with one attached hydrogen (secondary N) is 2. The fourth-order valence-corrected chi connectivity index (χ4v) is 2.74. The Kier molecular flexibility index (Phi) is 4.39. The lowest BCUT2D eigenvalue weighted by Gasteiger charge is -2.35. The molecule has 1 aliphatic rings. The quantitative estimate of drug-likeness (QED) is 0.877. The molecule has 1 aromatic heterocycles. The Hall–Kier alpha value is -1.59. The monoisotopic (exact) mass is 266 g/mol. The van der Waals surface area contributed by atoms with Crippen molar-refractivity contribution in [2.45, 2.75) is 52.6 Å². The first-order chi connectivity index (χ1) is 9.06. The number of amides is 2. The van der Waals surface area contributed by atoms with E-state index in [0.717, 1.165) is 0 Å². The van der Waals surface area contributed by atoms with Crippen molar-refractivity contribution in [2.75, 3.05) is 0 Å². The predicted molar refractivity (Wildman–Crippen MR) is 70.4 cm³/mol. The molecule has 6 heteroatoms. The average molecular weight is 266 g/mol. The molecule has 6 nitrogen and oxygen atoms in total. The van der Waals surface area contributed by atoms with E-state index < -0.39 is 0 Å². The van der Waals surface area contributed by atoms with Gasteiger partial charge in [-0.2, -0.15) is 4.98 Å². The molecule has 0 radical (unpaired) electrons. The third-order valence-electron chi connectivity index (χ3n) is 3.82. The zero-order chi connectivity index (χ0) is 13.8. The molecule has 1 heterocycles. The van der Waals surface area contributed by atoms with Crippen molar-refractivity contribution >= 4 is 6.03 Å². The summed E-state index contributed by atoms with van der Waals surface area (Å²) in [4.78, 5) is 15.9. The second-order valence-corrected chi connectivity index (χ2v) is 5.47. The minimum Gasteiger partial charge on any atom is -0.340 e. The second-order valence-electron chi connectivity index (χ2n) is 5.47. The predicted octanol–water partition coefficient (Wildman–Crippen LogP) is 2.00. The van der Waals surface area contributed by atoms with Gasteiger partial charge in [0, 0.05) is 13.0 Å². The van der Waals surface area contributed by atoms with Gasteiger partial charge in [-0.25, -0.2) is 4.79 Å². The first kappa shape index (κ1) is 13.8. The minimum absolute atomic E-state index is 0.159. The molecule has 1 unspecified atom stereocenters. The molecular formula is C13H22N4O2. The molecule has 1 fully saturated rings. The molecular weight excluding hydrogens is 244 g/mol. The molecule has 0 aromatic carbocycles. The van der Waals surface area contributed by atoms with E-state index in [9.17, 15) is 4.79 Å². The van der Waals surface area contributed by atoms with Gasteiger partial charge in [0.15, 0.2) is 5.82 Å². The van der Waals surface area contributed by atoms with E-state index in [1.807, 2.05) is 0 Å². The van der Waals surface area contributed by atoms with Crippen molar-refractivity contribution in [2.24, 2.45) is 11.8 Å². The summed E-state index contributed by atoms with van der Waals surface area (Å²) in [6.45, 7) is 6.41. The lowest BCUT2D eigenvalue weighted by Crippen LogP contribution is -2.49. The van der Waals surface area contributed by atoms with E-state index >= 15 is 0 Å². The molecule has 0 aliphatic heterocycles. The topological polar surface area (TPSA) is 80.0 Å². The normalized spacial score (nSPS) is 27.0. The number of aromatic nitrogens is 2. The Bertz CT molecular complexity index is 422. The minimum atomic E-state index is -0.159. The zero-order valence-electron chi connectivity index (χ0n) is 11.8. The molecule has 3 atom stereocenters. The number of hydrogen-bond donors (Lipinski definition) is 2. The van der Waals surface area contributed by atoms with Crippen LogP contribution in [0.2, 0.25) is 0 Å². The number of urea groups is 1. The van der Waals surface area contributed by atoms with Crippen LogP contribution in [0.25, 0.3) is 0 Å².